The van der Waals surface area contributed by atoms with E-state index < -0.39 is 57.4 Å². The summed E-state index contributed by atoms with van der Waals surface area (Å²) in [5, 5.41) is 19.9. The first-order chi connectivity index (χ1) is 71.3. The number of anilines is 2. The predicted octanol–water partition coefficient (Wildman–Crippen LogP) is 18.4. The predicted molar refractivity (Wildman–Crippen MR) is 588 cm³/mol. The number of hydrazine groups is 1. The van der Waals surface area contributed by atoms with Gasteiger partial charge in [-0.2, -0.15) is 0 Å². The number of hydrogen-bond acceptors (Lipinski definition) is 27. The summed E-state index contributed by atoms with van der Waals surface area (Å²) in [4.78, 5) is 145. The maximum absolute atomic E-state index is 13.4. The Bertz CT molecular complexity index is 7920. The molecule has 0 unspecified atom stereocenters. The normalized spacial score (nSPS) is 19.1. The Morgan fingerprint density at radius 3 is 1.31 bits per heavy atom. The molecular formula is C111H105BCl6N17O14P. The number of aryl methyl sites for hydroxylation is 2. The topological polar surface area (TPSA) is 480 Å². The summed E-state index contributed by atoms with van der Waals surface area (Å²) < 4.78 is 26.3. The van der Waals surface area contributed by atoms with Gasteiger partial charge in [-0.15, -0.1) is 0 Å². The number of ketones is 4. The summed E-state index contributed by atoms with van der Waals surface area (Å²) in [6, 6.07) is 85.8. The van der Waals surface area contributed by atoms with Crippen LogP contribution in [-0.2, 0) is 73.3 Å². The summed E-state index contributed by atoms with van der Waals surface area (Å²) in [5.74, 6) is 8.65. The maximum Gasteiger partial charge on any atom is 0.494 e. The molecule has 4 aliphatic heterocycles. The summed E-state index contributed by atoms with van der Waals surface area (Å²) >= 11 is 31.3. The highest BCUT2D eigenvalue weighted by Gasteiger charge is 2.67. The van der Waals surface area contributed by atoms with Gasteiger partial charge in [0.2, 0.25) is 5.78 Å². The molecule has 8 aromatic carbocycles. The van der Waals surface area contributed by atoms with Crippen molar-refractivity contribution in [3.8, 4) is 33.8 Å². The Balaban J connectivity index is 0.000000134. The smallest absolute Gasteiger partial charge is 0.399 e. The van der Waals surface area contributed by atoms with Gasteiger partial charge in [0, 0.05) is 122 Å². The standard InChI is InChI=1S/C27H30BNO5.C27H26N4O2.C15H12N2O2.C14H10ClN3O.C14H9ClN2O.C9H8O2.C5H6ClN3.Cl3OP.H4N2/c1-24(2)25(3,4)34-28(33-24)19-13-11-17(12-14-19)26(15-27(32,16-26)18-9-10-18)29-22(30)20-7-5-6-8-21(20)23(29)31;1-31-22(32)14-13-21-25(31)30-24(17-5-3-2-4-6-17)23(29-21)18-7-9-19(10-8-18)26(28)15-27(33,16-26)20-11-12-20;1-17-13(19)8-7-11-9-12(18)14(16-15(11)17)10-5-3-2-4-6-10;1-18-11(19)8-7-10-14(18)17-12(13(15)16-10)9-5-3-2-4-6-9;15-12-7-6-10-8-11(18)13(17-14(10)16-12)9-4-2-1-3-5-9;1-7(10)9(11)8-5-3-2-4-6-8;6-4-2-1-3(7)5(8)9-4;1-5(2,3)4;1-2/h5-8,11-14,18,32H,9-10,15-16H2,1-4H3;2-10,13-14,20,33H,11-12,15-16,28H2,1H3;2-8H,9H2,1H3;2-8H,1H3;1-7H,8H2;2-6H,1H3;1-2H,7H2,(H2,8,9);;1-2H2. The van der Waals surface area contributed by atoms with Crippen LogP contribution in [0.25, 0.3) is 56.1 Å². The number of pyridine rings is 5. The fraction of sp³-hybridized carbons (Fsp3) is 0.234. The first-order valence-corrected chi connectivity index (χ1v) is 53.2. The maximum atomic E-state index is 13.4. The highest BCUT2D eigenvalue weighted by molar-refractivity contribution is 8.24. The van der Waals surface area contributed by atoms with Crippen molar-refractivity contribution in [2.45, 2.75) is 132 Å². The molecule has 12 N–H and O–H groups in total. The minimum absolute atomic E-state index is 0.0119. The van der Waals surface area contributed by atoms with Crippen LogP contribution < -0.4 is 51.0 Å². The lowest BCUT2D eigenvalue weighted by molar-refractivity contribution is -0.144. The monoisotopic (exact) mass is 2150 g/mol. The van der Waals surface area contributed by atoms with Crippen molar-refractivity contribution in [1.29, 1.82) is 0 Å². The van der Waals surface area contributed by atoms with Crippen molar-refractivity contribution in [2.24, 2.45) is 60.4 Å². The number of fused-ring (bicyclic) bond motifs is 5. The van der Waals surface area contributed by atoms with Crippen molar-refractivity contribution < 1.29 is 52.9 Å². The molecule has 7 aromatic heterocycles. The minimum atomic E-state index is -3.22. The van der Waals surface area contributed by atoms with E-state index >= 15 is 0 Å². The summed E-state index contributed by atoms with van der Waals surface area (Å²) in [6.45, 7) is 9.35. The van der Waals surface area contributed by atoms with Crippen LogP contribution in [0.1, 0.15) is 150 Å². The number of nitrogens with zero attached hydrogens (tertiary/aromatic N) is 12. The zero-order valence-electron chi connectivity index (χ0n) is 82.7. The summed E-state index contributed by atoms with van der Waals surface area (Å²) in [5.41, 5.74) is 29.1. The average molecular weight is 2160 g/mol. The summed E-state index contributed by atoms with van der Waals surface area (Å²) in [6.07, 6.45) is 6.79. The Kier molecular flexibility index (Phi) is 33.7. The van der Waals surface area contributed by atoms with Gasteiger partial charge >= 0.3 is 12.3 Å². The number of nitrogen functional groups attached to an aromatic ring is 2. The van der Waals surface area contributed by atoms with Gasteiger partial charge < -0.3 is 36.7 Å². The average Bonchev–Trinajstić information content (AvgIpc) is 1.46. The van der Waals surface area contributed by atoms with Gasteiger partial charge in [0.05, 0.1) is 56.1 Å². The Morgan fingerprint density at radius 1 is 0.440 bits per heavy atom. The second-order valence-corrected chi connectivity index (χ2v) is 45.9. The first-order valence-electron chi connectivity index (χ1n) is 47.6. The molecule has 4 saturated carbocycles. The van der Waals surface area contributed by atoms with Crippen molar-refractivity contribution in [3.05, 3.63) is 382 Å². The molecule has 8 aliphatic rings. The Hall–Kier alpha value is -13.9. The van der Waals surface area contributed by atoms with Gasteiger partial charge in [-0.1, -0.05) is 253 Å². The molecule has 4 aliphatic carbocycles. The number of nitrogens with two attached hydrogens (primary N) is 5. The number of aromatic nitrogens is 9. The van der Waals surface area contributed by atoms with E-state index in [0.29, 0.717) is 127 Å². The van der Waals surface area contributed by atoms with Crippen LogP contribution in [0.15, 0.2) is 309 Å². The quantitative estimate of drug-likeness (QED) is 0.00824. The van der Waals surface area contributed by atoms with E-state index in [9.17, 15) is 57.9 Å². The zero-order chi connectivity index (χ0) is 108. The summed E-state index contributed by atoms with van der Waals surface area (Å²) in [7, 11) is 4.56. The van der Waals surface area contributed by atoms with Crippen LogP contribution in [0.3, 0.4) is 0 Å². The van der Waals surface area contributed by atoms with Crippen molar-refractivity contribution in [1.82, 2.24) is 48.5 Å². The van der Waals surface area contributed by atoms with E-state index in [0.717, 1.165) is 92.6 Å². The molecule has 11 heterocycles. The molecule has 39 heteroatoms. The lowest BCUT2D eigenvalue weighted by Gasteiger charge is -2.57. The molecule has 15 aromatic rings. The second kappa shape index (κ2) is 45.9. The number of imide groups is 1. The lowest BCUT2D eigenvalue weighted by Crippen LogP contribution is -2.65. The number of carbonyl (C=O) groups is 6. The third kappa shape index (κ3) is 24.9. The molecule has 0 atom stereocenters. The molecule has 5 fully saturated rings. The Labute approximate surface area is 892 Å². The number of amides is 2. The van der Waals surface area contributed by atoms with Crippen LogP contribution in [0, 0.1) is 11.8 Å². The molecular weight excluding hydrogens is 2050 g/mol. The number of rotatable bonds is 13. The zero-order valence-corrected chi connectivity index (χ0v) is 88.1. The van der Waals surface area contributed by atoms with Crippen molar-refractivity contribution >= 4 is 178 Å². The Morgan fingerprint density at radius 2 is 0.833 bits per heavy atom. The minimum Gasteiger partial charge on any atom is -0.399 e. The third-order valence-electron chi connectivity index (χ3n) is 27.3. The highest BCUT2D eigenvalue weighted by Crippen LogP contribution is 2.63. The number of benzene rings is 8. The van der Waals surface area contributed by atoms with Gasteiger partial charge in [0.15, 0.2) is 39.6 Å². The van der Waals surface area contributed by atoms with Crippen molar-refractivity contribution in [2.75, 3.05) is 11.5 Å². The number of Topliss-reactive ketones (excluding diaryl/α,β-unsaturated/α-hetero) is 4. The van der Waals surface area contributed by atoms with E-state index in [2.05, 4.69) is 75.3 Å². The molecule has 0 radical (unpaired) electrons. The molecule has 768 valence electrons. The first kappa shape index (κ1) is 110. The van der Waals surface area contributed by atoms with Crippen molar-refractivity contribution in [3.63, 3.8) is 0 Å². The fourth-order valence-corrected chi connectivity index (χ4v) is 19.0. The second-order valence-electron chi connectivity index (χ2n) is 38.1. The van der Waals surface area contributed by atoms with Crippen LogP contribution in [-0.4, -0.2) is 135 Å². The molecule has 23 rings (SSSR count). The molecule has 31 nitrogen and oxygen atoms in total. The molecule has 1 saturated heterocycles. The molecule has 150 heavy (non-hydrogen) atoms. The number of halogens is 6. The van der Waals surface area contributed by atoms with Crippen LogP contribution in [0.5, 0.6) is 0 Å². The number of aliphatic hydroxyl groups is 2. The SMILES string of the molecule is CC(=O)C(=O)c1ccccc1.CC1(C)OB(c2ccc(C3(N4C(=O)c5ccccc5C4=O)CC(O)(C4CC4)C3)cc2)OC1(C)C.Cn1c(=O)ccc2nc(-c3ccc(C4(N)CC(O)(C5CC5)C4)cc3)c(-c3ccccc3)nc21.Cn1c(=O)ccc2nc(Cl)c(-c3ccccc3)nc21.Cn1c2c(ccc1=O)CC(=O)C(c1ccccc1)=N2.NN.Nc1ccc(Cl)nc1N.O=C1Cc2ccc(Cl)nc2N=C1c1ccccc1.O=P(Cl)(Cl)Cl. The van der Waals surface area contributed by atoms with Gasteiger partial charge in [-0.25, -0.2) is 39.9 Å². The fourth-order valence-electron chi connectivity index (χ4n) is 18.5. The number of aliphatic imine (C=N–C) groups is 2. The van der Waals surface area contributed by atoms with Crippen LogP contribution in [0.4, 0.5) is 23.1 Å². The van der Waals surface area contributed by atoms with Gasteiger partial charge in [0.25, 0.3) is 28.5 Å². The largest absolute Gasteiger partial charge is 0.494 e. The van der Waals surface area contributed by atoms with E-state index in [4.69, 9.17) is 71.3 Å². The van der Waals surface area contributed by atoms with E-state index in [1.54, 1.807) is 118 Å². The molecule has 0 spiro atoms. The number of carbonyl (C=O) groups excluding carboxylic acids is 6. The molecule has 0 bridgehead atoms. The van der Waals surface area contributed by atoms with Crippen LogP contribution in [0.2, 0.25) is 15.5 Å². The molecule has 2 amide bonds. The van der Waals surface area contributed by atoms with Gasteiger partial charge in [0.1, 0.15) is 50.1 Å². The van der Waals surface area contributed by atoms with E-state index in [1.807, 2.05) is 198 Å². The van der Waals surface area contributed by atoms with E-state index in [1.165, 1.54) is 43.7 Å². The van der Waals surface area contributed by atoms with Gasteiger partial charge in [-0.05, 0) is 177 Å². The number of hydrogen-bond donors (Lipinski definition) is 7. The van der Waals surface area contributed by atoms with E-state index in [-0.39, 0.29) is 58.2 Å². The highest BCUT2D eigenvalue weighted by atomic mass is 36.0. The third-order valence-corrected chi connectivity index (χ3v) is 28.0. The van der Waals surface area contributed by atoms with Crippen LogP contribution >= 0.6 is 73.7 Å². The lowest BCUT2D eigenvalue weighted by atomic mass is 9.58. The van der Waals surface area contributed by atoms with Gasteiger partial charge in [-0.3, -0.25) is 78.0 Å².